The second-order valence-corrected chi connectivity index (χ2v) is 5.66. The molecule has 0 aliphatic carbocycles. The van der Waals surface area contributed by atoms with Crippen molar-refractivity contribution >= 4 is 10.0 Å². The minimum atomic E-state index is -3.17. The van der Waals surface area contributed by atoms with Gasteiger partial charge in [-0.15, -0.1) is 0 Å². The molecular weight excluding hydrogens is 258 g/mol. The van der Waals surface area contributed by atoms with Crippen molar-refractivity contribution in [2.45, 2.75) is 26.3 Å². The predicted molar refractivity (Wildman–Crippen MR) is 70.2 cm³/mol. The highest BCUT2D eigenvalue weighted by molar-refractivity contribution is 7.88. The van der Waals surface area contributed by atoms with E-state index in [1.54, 1.807) is 0 Å². The molecule has 110 valence electrons. The first-order chi connectivity index (χ1) is 8.49. The molecule has 0 spiro atoms. The summed E-state index contributed by atoms with van der Waals surface area (Å²) in [4.78, 5) is 0. The van der Waals surface area contributed by atoms with E-state index in [0.29, 0.717) is 46.1 Å². The first-order valence-electron chi connectivity index (χ1n) is 6.20. The zero-order valence-electron chi connectivity index (χ0n) is 11.5. The molecule has 0 heterocycles. The largest absolute Gasteiger partial charge is 0.379 e. The van der Waals surface area contributed by atoms with E-state index >= 15 is 0 Å². The van der Waals surface area contributed by atoms with Gasteiger partial charge in [-0.3, -0.25) is 0 Å². The highest BCUT2D eigenvalue weighted by Crippen LogP contribution is 1.94. The van der Waals surface area contributed by atoms with Crippen LogP contribution in [0, 0.1) is 0 Å². The molecule has 6 nitrogen and oxygen atoms in total. The lowest BCUT2D eigenvalue weighted by Crippen LogP contribution is -2.37. The third-order valence-electron chi connectivity index (χ3n) is 2.14. The number of ether oxygens (including phenoxy) is 3. The van der Waals surface area contributed by atoms with Crippen molar-refractivity contribution < 1.29 is 22.6 Å². The Morgan fingerprint density at radius 2 is 1.56 bits per heavy atom. The third-order valence-corrected chi connectivity index (χ3v) is 2.90. The molecule has 0 aromatic carbocycles. The van der Waals surface area contributed by atoms with Gasteiger partial charge in [0.1, 0.15) is 0 Å². The van der Waals surface area contributed by atoms with Gasteiger partial charge in [0.25, 0.3) is 0 Å². The van der Waals surface area contributed by atoms with Crippen LogP contribution in [-0.2, 0) is 24.2 Å². The van der Waals surface area contributed by atoms with Crippen molar-refractivity contribution in [1.29, 1.82) is 0 Å². The van der Waals surface area contributed by atoms with Crippen LogP contribution in [0.2, 0.25) is 0 Å². The molecule has 1 N–H and O–H groups in total. The fourth-order valence-corrected chi connectivity index (χ4v) is 2.09. The van der Waals surface area contributed by atoms with Crippen molar-refractivity contribution in [3.63, 3.8) is 0 Å². The van der Waals surface area contributed by atoms with Crippen LogP contribution in [0.5, 0.6) is 0 Å². The Labute approximate surface area is 110 Å². The standard InChI is InChI=1S/C11H25NO5S/c1-4-11(12-18(3,13)14)10-17-9-8-16-7-6-15-5-2/h11-12H,4-10H2,1-3H3. The zero-order chi connectivity index (χ0) is 13.9. The van der Waals surface area contributed by atoms with Gasteiger partial charge >= 0.3 is 0 Å². The summed E-state index contributed by atoms with van der Waals surface area (Å²) >= 11 is 0. The quantitative estimate of drug-likeness (QED) is 0.524. The fraction of sp³-hybridized carbons (Fsp3) is 1.00. The normalized spacial score (nSPS) is 13.7. The molecule has 0 aliphatic heterocycles. The lowest BCUT2D eigenvalue weighted by Gasteiger charge is -2.15. The monoisotopic (exact) mass is 283 g/mol. The second kappa shape index (κ2) is 10.7. The molecule has 0 aromatic heterocycles. The molecule has 7 heteroatoms. The van der Waals surface area contributed by atoms with Crippen molar-refractivity contribution in [2.24, 2.45) is 0 Å². The van der Waals surface area contributed by atoms with E-state index in [2.05, 4.69) is 4.72 Å². The number of hydrogen-bond acceptors (Lipinski definition) is 5. The van der Waals surface area contributed by atoms with Gasteiger partial charge < -0.3 is 14.2 Å². The summed E-state index contributed by atoms with van der Waals surface area (Å²) in [6.45, 7) is 6.97. The van der Waals surface area contributed by atoms with E-state index < -0.39 is 10.0 Å². The molecule has 0 amide bonds. The minimum absolute atomic E-state index is 0.177. The number of rotatable bonds is 12. The zero-order valence-corrected chi connectivity index (χ0v) is 12.3. The molecule has 0 bridgehead atoms. The van der Waals surface area contributed by atoms with Crippen molar-refractivity contribution in [1.82, 2.24) is 4.72 Å². The average molecular weight is 283 g/mol. The maximum absolute atomic E-state index is 11.0. The first kappa shape index (κ1) is 17.8. The molecule has 1 atom stereocenters. The molecule has 0 radical (unpaired) electrons. The van der Waals surface area contributed by atoms with Gasteiger partial charge in [-0.25, -0.2) is 13.1 Å². The maximum Gasteiger partial charge on any atom is 0.209 e. The maximum atomic E-state index is 11.0. The van der Waals surface area contributed by atoms with E-state index in [4.69, 9.17) is 14.2 Å². The first-order valence-corrected chi connectivity index (χ1v) is 8.09. The minimum Gasteiger partial charge on any atom is -0.379 e. The summed E-state index contributed by atoms with van der Waals surface area (Å²) in [7, 11) is -3.17. The van der Waals surface area contributed by atoms with Crippen LogP contribution in [0.1, 0.15) is 20.3 Å². The fourth-order valence-electron chi connectivity index (χ4n) is 1.25. The molecule has 0 saturated carbocycles. The van der Waals surface area contributed by atoms with Crippen molar-refractivity contribution in [2.75, 3.05) is 45.9 Å². The van der Waals surface area contributed by atoms with Gasteiger partial charge in [-0.2, -0.15) is 0 Å². The van der Waals surface area contributed by atoms with Gasteiger partial charge in [0.15, 0.2) is 0 Å². The van der Waals surface area contributed by atoms with E-state index in [0.717, 1.165) is 6.26 Å². The van der Waals surface area contributed by atoms with Gasteiger partial charge in [0.05, 0.1) is 39.3 Å². The van der Waals surface area contributed by atoms with Gasteiger partial charge in [0, 0.05) is 12.6 Å². The molecule has 0 aliphatic rings. The van der Waals surface area contributed by atoms with Crippen LogP contribution < -0.4 is 4.72 Å². The Morgan fingerprint density at radius 1 is 1.00 bits per heavy atom. The van der Waals surface area contributed by atoms with E-state index in [1.807, 2.05) is 13.8 Å². The summed E-state index contributed by atoms with van der Waals surface area (Å²) in [5.41, 5.74) is 0. The smallest absolute Gasteiger partial charge is 0.209 e. The molecule has 0 fully saturated rings. The van der Waals surface area contributed by atoms with Crippen LogP contribution in [0.25, 0.3) is 0 Å². The topological polar surface area (TPSA) is 73.9 Å². The lowest BCUT2D eigenvalue weighted by molar-refractivity contribution is 0.0134. The Hall–Kier alpha value is -0.210. The highest BCUT2D eigenvalue weighted by Gasteiger charge is 2.11. The number of hydrogen-bond donors (Lipinski definition) is 1. The van der Waals surface area contributed by atoms with E-state index in [1.165, 1.54) is 0 Å². The Bertz CT molecular complexity index is 281. The lowest BCUT2D eigenvalue weighted by atomic mass is 10.3. The van der Waals surface area contributed by atoms with Crippen LogP contribution in [0.4, 0.5) is 0 Å². The van der Waals surface area contributed by atoms with Crippen LogP contribution in [0.15, 0.2) is 0 Å². The molecule has 0 aromatic rings. The van der Waals surface area contributed by atoms with Gasteiger partial charge in [-0.1, -0.05) is 6.92 Å². The Kier molecular flexibility index (Phi) is 10.6. The SMILES string of the molecule is CCOCCOCCOCC(CC)NS(C)(=O)=O. The predicted octanol–water partition coefficient (Wildman–Crippen LogP) is 0.384. The van der Waals surface area contributed by atoms with Gasteiger partial charge in [0.2, 0.25) is 10.0 Å². The summed E-state index contributed by atoms with van der Waals surface area (Å²) in [5, 5.41) is 0. The van der Waals surface area contributed by atoms with Crippen molar-refractivity contribution in [3.05, 3.63) is 0 Å². The summed E-state index contributed by atoms with van der Waals surface area (Å²) in [6, 6.07) is -0.177. The average Bonchev–Trinajstić information content (AvgIpc) is 2.29. The summed E-state index contributed by atoms with van der Waals surface area (Å²) < 4.78 is 40.3. The van der Waals surface area contributed by atoms with Crippen LogP contribution in [0.3, 0.4) is 0 Å². The molecule has 0 rings (SSSR count). The molecule has 1 unspecified atom stereocenters. The molecular formula is C11H25NO5S. The van der Waals surface area contributed by atoms with Crippen LogP contribution >= 0.6 is 0 Å². The molecule has 0 saturated heterocycles. The van der Waals surface area contributed by atoms with E-state index in [9.17, 15) is 8.42 Å². The summed E-state index contributed by atoms with van der Waals surface area (Å²) in [6.07, 6.45) is 1.84. The Balaban J connectivity index is 3.46. The highest BCUT2D eigenvalue weighted by atomic mass is 32.2. The number of nitrogens with one attached hydrogen (secondary N) is 1. The van der Waals surface area contributed by atoms with Crippen LogP contribution in [-0.4, -0.2) is 60.4 Å². The second-order valence-electron chi connectivity index (χ2n) is 3.88. The summed E-state index contributed by atoms with van der Waals surface area (Å²) in [5.74, 6) is 0. The number of sulfonamides is 1. The van der Waals surface area contributed by atoms with E-state index in [-0.39, 0.29) is 6.04 Å². The molecule has 18 heavy (non-hydrogen) atoms. The third kappa shape index (κ3) is 12.3. The Morgan fingerprint density at radius 3 is 2.06 bits per heavy atom. The van der Waals surface area contributed by atoms with Gasteiger partial charge in [-0.05, 0) is 13.3 Å². The van der Waals surface area contributed by atoms with Crippen molar-refractivity contribution in [3.8, 4) is 0 Å².